The molecule has 1 aromatic carbocycles. The van der Waals surface area contributed by atoms with E-state index in [1.54, 1.807) is 6.07 Å². The molecule has 1 unspecified atom stereocenters. The zero-order valence-corrected chi connectivity index (χ0v) is 13.8. The van der Waals surface area contributed by atoms with E-state index in [2.05, 4.69) is 18.9 Å². The van der Waals surface area contributed by atoms with Gasteiger partial charge in [-0.15, -0.1) is 0 Å². The van der Waals surface area contributed by atoms with E-state index >= 15 is 0 Å². The average Bonchev–Trinajstić information content (AvgIpc) is 2.85. The van der Waals surface area contributed by atoms with Gasteiger partial charge in [0.15, 0.2) is 0 Å². The molecule has 1 amide bonds. The second-order valence-corrected chi connectivity index (χ2v) is 5.90. The van der Waals surface area contributed by atoms with Gasteiger partial charge in [-0.2, -0.15) is 5.10 Å². The molecule has 5 nitrogen and oxygen atoms in total. The molecule has 1 atom stereocenters. The number of nitrogens with zero attached hydrogens (tertiary/aromatic N) is 2. The predicted molar refractivity (Wildman–Crippen MR) is 88.3 cm³/mol. The van der Waals surface area contributed by atoms with Crippen molar-refractivity contribution in [3.05, 3.63) is 23.9 Å². The highest BCUT2D eigenvalue weighted by Crippen LogP contribution is 2.28. The number of amides is 1. The third kappa shape index (κ3) is 3.40. The quantitative estimate of drug-likeness (QED) is 0.848. The van der Waals surface area contributed by atoms with Crippen molar-refractivity contribution in [2.75, 3.05) is 0 Å². The van der Waals surface area contributed by atoms with E-state index in [4.69, 9.17) is 10.5 Å². The summed E-state index contributed by atoms with van der Waals surface area (Å²) in [5, 5.41) is 5.57. The van der Waals surface area contributed by atoms with Crippen LogP contribution < -0.4 is 10.5 Å². The molecule has 0 spiro atoms. The Balaban J connectivity index is 2.49. The molecule has 0 aliphatic rings. The van der Waals surface area contributed by atoms with Gasteiger partial charge in [-0.05, 0) is 32.8 Å². The highest BCUT2D eigenvalue weighted by molar-refractivity contribution is 6.00. The number of aromatic nitrogens is 2. The Morgan fingerprint density at radius 1 is 1.36 bits per heavy atom. The lowest BCUT2D eigenvalue weighted by atomic mass is 10.1. The molecule has 2 N–H and O–H groups in total. The van der Waals surface area contributed by atoms with E-state index in [-0.39, 0.29) is 6.10 Å². The summed E-state index contributed by atoms with van der Waals surface area (Å²) >= 11 is 0. The molecule has 0 bridgehead atoms. The highest BCUT2D eigenvalue weighted by Gasteiger charge is 2.16. The van der Waals surface area contributed by atoms with Crippen LogP contribution in [0.15, 0.2) is 18.3 Å². The smallest absolute Gasteiger partial charge is 0.252 e. The summed E-state index contributed by atoms with van der Waals surface area (Å²) in [6.45, 7) is 8.17. The first kappa shape index (κ1) is 16.3. The minimum atomic E-state index is -0.481. The summed E-state index contributed by atoms with van der Waals surface area (Å²) in [4.78, 5) is 11.7. The van der Waals surface area contributed by atoms with Crippen LogP contribution in [0.5, 0.6) is 5.75 Å². The van der Waals surface area contributed by atoms with Crippen molar-refractivity contribution in [1.29, 1.82) is 0 Å². The molecule has 0 aliphatic carbocycles. The number of benzene rings is 1. The Morgan fingerprint density at radius 3 is 2.64 bits per heavy atom. The molecular formula is C17H25N3O2. The van der Waals surface area contributed by atoms with Crippen LogP contribution in [0.4, 0.5) is 0 Å². The summed E-state index contributed by atoms with van der Waals surface area (Å²) in [6, 6.07) is 3.96. The lowest BCUT2D eigenvalue weighted by Gasteiger charge is -2.13. The summed E-state index contributed by atoms with van der Waals surface area (Å²) in [5.41, 5.74) is 6.71. The molecule has 120 valence electrons. The number of fused-ring (bicyclic) bond motifs is 1. The van der Waals surface area contributed by atoms with Crippen LogP contribution in [-0.2, 0) is 0 Å². The molecule has 2 aromatic rings. The van der Waals surface area contributed by atoms with Crippen LogP contribution in [0.1, 0.15) is 63.4 Å². The number of hydrogen-bond donors (Lipinski definition) is 1. The third-order valence-electron chi connectivity index (χ3n) is 3.72. The van der Waals surface area contributed by atoms with Crippen molar-refractivity contribution in [2.45, 2.75) is 59.1 Å². The number of hydrogen-bond acceptors (Lipinski definition) is 3. The standard InChI is InChI=1S/C17H25N3O2/c1-5-7-13(6-2)20-10-12-8-14(17(18)21)16(22-11(3)4)9-15(12)19-20/h8-11,13H,5-7H2,1-4H3,(H2,18,21). The van der Waals surface area contributed by atoms with Crippen LogP contribution in [-0.4, -0.2) is 21.8 Å². The van der Waals surface area contributed by atoms with Gasteiger partial charge in [0.2, 0.25) is 0 Å². The summed E-state index contributed by atoms with van der Waals surface area (Å²) in [6.07, 6.45) is 5.19. The normalized spacial score (nSPS) is 12.8. The Labute approximate surface area is 131 Å². The second-order valence-electron chi connectivity index (χ2n) is 5.90. The van der Waals surface area contributed by atoms with Crippen molar-refractivity contribution in [3.63, 3.8) is 0 Å². The Hall–Kier alpha value is -2.04. The Morgan fingerprint density at radius 2 is 2.09 bits per heavy atom. The highest BCUT2D eigenvalue weighted by atomic mass is 16.5. The van der Waals surface area contributed by atoms with Crippen molar-refractivity contribution >= 4 is 16.8 Å². The van der Waals surface area contributed by atoms with Crippen LogP contribution in [0.2, 0.25) is 0 Å². The van der Waals surface area contributed by atoms with Gasteiger partial charge in [0.1, 0.15) is 5.75 Å². The van der Waals surface area contributed by atoms with E-state index in [1.807, 2.05) is 30.8 Å². The fraction of sp³-hybridized carbons (Fsp3) is 0.529. The molecule has 0 fully saturated rings. The van der Waals surface area contributed by atoms with Crippen LogP contribution in [0.25, 0.3) is 10.9 Å². The average molecular weight is 303 g/mol. The Kier molecular flexibility index (Phi) is 5.06. The molecule has 1 aromatic heterocycles. The first-order valence-corrected chi connectivity index (χ1v) is 7.95. The maximum absolute atomic E-state index is 11.7. The Bertz CT molecular complexity index is 661. The van der Waals surface area contributed by atoms with E-state index in [9.17, 15) is 4.79 Å². The van der Waals surface area contributed by atoms with E-state index in [0.717, 1.165) is 30.2 Å². The molecule has 1 heterocycles. The van der Waals surface area contributed by atoms with Crippen molar-refractivity contribution in [3.8, 4) is 5.75 Å². The lowest BCUT2D eigenvalue weighted by Crippen LogP contribution is -2.15. The van der Waals surface area contributed by atoms with Crippen LogP contribution >= 0.6 is 0 Å². The molecular weight excluding hydrogens is 278 g/mol. The summed E-state index contributed by atoms with van der Waals surface area (Å²) < 4.78 is 7.71. The predicted octanol–water partition coefficient (Wildman–Crippen LogP) is 3.67. The summed E-state index contributed by atoms with van der Waals surface area (Å²) in [5.74, 6) is 0.0229. The van der Waals surface area contributed by atoms with Gasteiger partial charge >= 0.3 is 0 Å². The number of ether oxygens (including phenoxy) is 1. The maximum Gasteiger partial charge on any atom is 0.252 e. The summed E-state index contributed by atoms with van der Waals surface area (Å²) in [7, 11) is 0. The van der Waals surface area contributed by atoms with Crippen LogP contribution in [0.3, 0.4) is 0 Å². The lowest BCUT2D eigenvalue weighted by molar-refractivity contribution is 0.0995. The number of carbonyl (C=O) groups is 1. The molecule has 0 aliphatic heterocycles. The van der Waals surface area contributed by atoms with Gasteiger partial charge < -0.3 is 10.5 Å². The zero-order valence-electron chi connectivity index (χ0n) is 13.8. The maximum atomic E-state index is 11.7. The minimum Gasteiger partial charge on any atom is -0.490 e. The van der Waals surface area contributed by atoms with E-state index in [1.165, 1.54) is 0 Å². The SMILES string of the molecule is CCCC(CC)n1cc2cc(C(N)=O)c(OC(C)C)cc2n1. The minimum absolute atomic E-state index is 0.0267. The number of carbonyl (C=O) groups excluding carboxylic acids is 1. The van der Waals surface area contributed by atoms with Crippen molar-refractivity contribution in [1.82, 2.24) is 9.78 Å². The molecule has 0 saturated carbocycles. The molecule has 0 radical (unpaired) electrons. The molecule has 22 heavy (non-hydrogen) atoms. The largest absolute Gasteiger partial charge is 0.490 e. The van der Waals surface area contributed by atoms with Crippen molar-refractivity contribution in [2.24, 2.45) is 5.73 Å². The second kappa shape index (κ2) is 6.81. The van der Waals surface area contributed by atoms with E-state index in [0.29, 0.717) is 17.4 Å². The van der Waals surface area contributed by atoms with Gasteiger partial charge in [0, 0.05) is 17.6 Å². The molecule has 2 rings (SSSR count). The molecule has 0 saturated heterocycles. The first-order chi connectivity index (χ1) is 10.5. The first-order valence-electron chi connectivity index (χ1n) is 7.95. The van der Waals surface area contributed by atoms with E-state index < -0.39 is 5.91 Å². The zero-order chi connectivity index (χ0) is 16.3. The third-order valence-corrected chi connectivity index (χ3v) is 3.72. The van der Waals surface area contributed by atoms with Gasteiger partial charge in [-0.1, -0.05) is 20.3 Å². The number of rotatable bonds is 7. The fourth-order valence-electron chi connectivity index (χ4n) is 2.66. The van der Waals surface area contributed by atoms with Gasteiger partial charge in [-0.3, -0.25) is 9.48 Å². The van der Waals surface area contributed by atoms with Gasteiger partial charge in [0.25, 0.3) is 5.91 Å². The number of nitrogens with two attached hydrogens (primary N) is 1. The van der Waals surface area contributed by atoms with Gasteiger partial charge in [-0.25, -0.2) is 0 Å². The topological polar surface area (TPSA) is 70.1 Å². The van der Waals surface area contributed by atoms with Gasteiger partial charge in [0.05, 0.1) is 23.2 Å². The monoisotopic (exact) mass is 303 g/mol. The fourth-order valence-corrected chi connectivity index (χ4v) is 2.66. The van der Waals surface area contributed by atoms with Crippen molar-refractivity contribution < 1.29 is 9.53 Å². The molecule has 5 heteroatoms. The number of primary amides is 1. The van der Waals surface area contributed by atoms with Crippen LogP contribution in [0, 0.1) is 0 Å².